The van der Waals surface area contributed by atoms with Crippen LogP contribution in [0.4, 0.5) is 5.69 Å². The minimum Gasteiger partial charge on any atom is -0.493 e. The van der Waals surface area contributed by atoms with Gasteiger partial charge in [0.2, 0.25) is 0 Å². The second-order valence-corrected chi connectivity index (χ2v) is 3.26. The summed E-state index contributed by atoms with van der Waals surface area (Å²) in [5, 5.41) is 0.968. The predicted molar refractivity (Wildman–Crippen MR) is 54.8 cm³/mol. The van der Waals surface area contributed by atoms with Crippen molar-refractivity contribution in [1.82, 2.24) is 0 Å². The summed E-state index contributed by atoms with van der Waals surface area (Å²) in [7, 11) is 0. The molecular formula is C9H12BrNO. The fourth-order valence-electron chi connectivity index (χ4n) is 0.849. The van der Waals surface area contributed by atoms with Crippen LogP contribution in [-0.2, 0) is 0 Å². The fourth-order valence-corrected chi connectivity index (χ4v) is 1.08. The van der Waals surface area contributed by atoms with Gasteiger partial charge in [-0.15, -0.1) is 0 Å². The van der Waals surface area contributed by atoms with E-state index in [9.17, 15) is 0 Å². The lowest BCUT2D eigenvalue weighted by Gasteiger charge is -2.04. The Morgan fingerprint density at radius 2 is 2.25 bits per heavy atom. The number of halogens is 1. The van der Waals surface area contributed by atoms with Gasteiger partial charge in [-0.05, 0) is 18.6 Å². The maximum atomic E-state index is 5.57. The highest BCUT2D eigenvalue weighted by Gasteiger charge is 1.92. The molecule has 0 aromatic heterocycles. The lowest BCUT2D eigenvalue weighted by molar-refractivity contribution is 0.319. The average molecular weight is 230 g/mol. The Hall–Kier alpha value is -0.700. The first-order chi connectivity index (χ1) is 5.83. The van der Waals surface area contributed by atoms with Crippen LogP contribution in [0.2, 0.25) is 0 Å². The van der Waals surface area contributed by atoms with Crippen LogP contribution < -0.4 is 10.5 Å². The molecule has 1 rings (SSSR count). The van der Waals surface area contributed by atoms with Crippen molar-refractivity contribution in [3.05, 3.63) is 24.3 Å². The normalized spacial score (nSPS) is 9.75. The molecule has 0 spiro atoms. The Balaban J connectivity index is 2.41. The summed E-state index contributed by atoms with van der Waals surface area (Å²) < 4.78 is 5.42. The lowest BCUT2D eigenvalue weighted by Crippen LogP contribution is -1.97. The molecular weight excluding hydrogens is 218 g/mol. The number of ether oxygens (including phenoxy) is 1. The van der Waals surface area contributed by atoms with E-state index in [1.807, 2.05) is 24.3 Å². The van der Waals surface area contributed by atoms with Crippen LogP contribution in [-0.4, -0.2) is 11.9 Å². The molecule has 2 N–H and O–H groups in total. The van der Waals surface area contributed by atoms with E-state index in [1.165, 1.54) is 0 Å². The highest BCUT2D eigenvalue weighted by molar-refractivity contribution is 9.09. The zero-order valence-corrected chi connectivity index (χ0v) is 8.38. The number of nitrogens with two attached hydrogens (primary N) is 1. The quantitative estimate of drug-likeness (QED) is 0.489. The zero-order valence-electron chi connectivity index (χ0n) is 6.79. The molecule has 0 aliphatic heterocycles. The molecule has 0 saturated carbocycles. The Labute approximate surface area is 80.8 Å². The van der Waals surface area contributed by atoms with Crippen LogP contribution in [0.1, 0.15) is 6.42 Å². The van der Waals surface area contributed by atoms with Crippen molar-refractivity contribution in [1.29, 1.82) is 0 Å². The third kappa shape index (κ3) is 3.13. The molecule has 1 aromatic carbocycles. The largest absolute Gasteiger partial charge is 0.493 e. The molecule has 0 atom stereocenters. The first-order valence-corrected chi connectivity index (χ1v) is 4.99. The molecule has 0 heterocycles. The molecule has 2 nitrogen and oxygen atoms in total. The van der Waals surface area contributed by atoms with E-state index in [2.05, 4.69) is 15.9 Å². The van der Waals surface area contributed by atoms with E-state index in [-0.39, 0.29) is 0 Å². The van der Waals surface area contributed by atoms with Crippen LogP contribution in [0.25, 0.3) is 0 Å². The minimum absolute atomic E-state index is 0.731. The van der Waals surface area contributed by atoms with Crippen LogP contribution in [0.3, 0.4) is 0 Å². The molecule has 0 aliphatic carbocycles. The van der Waals surface area contributed by atoms with E-state index < -0.39 is 0 Å². The molecule has 0 bridgehead atoms. The van der Waals surface area contributed by atoms with Crippen LogP contribution in [0.5, 0.6) is 5.75 Å². The third-order valence-corrected chi connectivity index (χ3v) is 1.97. The van der Waals surface area contributed by atoms with Crippen LogP contribution in [0, 0.1) is 0 Å². The van der Waals surface area contributed by atoms with Crippen molar-refractivity contribution < 1.29 is 4.74 Å². The average Bonchev–Trinajstić information content (AvgIpc) is 2.05. The molecule has 0 aliphatic rings. The Morgan fingerprint density at radius 3 is 2.92 bits per heavy atom. The summed E-state index contributed by atoms with van der Waals surface area (Å²) in [4.78, 5) is 0. The minimum atomic E-state index is 0.731. The van der Waals surface area contributed by atoms with Crippen LogP contribution in [0.15, 0.2) is 24.3 Å². The number of alkyl halides is 1. The molecule has 12 heavy (non-hydrogen) atoms. The maximum Gasteiger partial charge on any atom is 0.121 e. The molecule has 0 unspecified atom stereocenters. The maximum absolute atomic E-state index is 5.57. The van der Waals surface area contributed by atoms with Crippen LogP contribution >= 0.6 is 15.9 Å². The smallest absolute Gasteiger partial charge is 0.121 e. The monoisotopic (exact) mass is 229 g/mol. The molecule has 3 heteroatoms. The number of benzene rings is 1. The first kappa shape index (κ1) is 9.39. The lowest BCUT2D eigenvalue weighted by atomic mass is 10.3. The summed E-state index contributed by atoms with van der Waals surface area (Å²) in [5.74, 6) is 0.843. The molecule has 0 fully saturated rings. The van der Waals surface area contributed by atoms with Crippen molar-refractivity contribution in [2.45, 2.75) is 6.42 Å². The summed E-state index contributed by atoms with van der Waals surface area (Å²) >= 11 is 3.33. The number of anilines is 1. The molecule has 1 aromatic rings. The van der Waals surface area contributed by atoms with E-state index >= 15 is 0 Å². The Bertz CT molecular complexity index is 240. The van der Waals surface area contributed by atoms with Gasteiger partial charge in [-0.1, -0.05) is 22.0 Å². The number of nitrogen functional groups attached to an aromatic ring is 1. The van der Waals surface area contributed by atoms with E-state index in [4.69, 9.17) is 10.5 Å². The molecule has 0 amide bonds. The first-order valence-electron chi connectivity index (χ1n) is 3.87. The molecule has 0 radical (unpaired) electrons. The SMILES string of the molecule is Nc1cccc(OCCCBr)c1. The zero-order chi connectivity index (χ0) is 8.81. The van der Waals surface area contributed by atoms with E-state index in [0.29, 0.717) is 0 Å². The highest BCUT2D eigenvalue weighted by atomic mass is 79.9. The molecule has 0 saturated heterocycles. The Morgan fingerprint density at radius 1 is 1.42 bits per heavy atom. The van der Waals surface area contributed by atoms with Gasteiger partial charge in [0.25, 0.3) is 0 Å². The van der Waals surface area contributed by atoms with Crippen molar-refractivity contribution in [2.75, 3.05) is 17.7 Å². The van der Waals surface area contributed by atoms with Gasteiger partial charge >= 0.3 is 0 Å². The number of rotatable bonds is 4. The number of hydrogen-bond donors (Lipinski definition) is 1. The summed E-state index contributed by atoms with van der Waals surface area (Å²) in [6.07, 6.45) is 1.01. The topological polar surface area (TPSA) is 35.2 Å². The van der Waals surface area contributed by atoms with Gasteiger partial charge in [0.1, 0.15) is 5.75 Å². The van der Waals surface area contributed by atoms with Gasteiger partial charge in [-0.25, -0.2) is 0 Å². The van der Waals surface area contributed by atoms with Gasteiger partial charge in [0, 0.05) is 17.1 Å². The Kier molecular flexibility index (Phi) is 3.94. The predicted octanol–water partition coefficient (Wildman–Crippen LogP) is 2.43. The second-order valence-electron chi connectivity index (χ2n) is 2.46. The fraction of sp³-hybridized carbons (Fsp3) is 0.333. The highest BCUT2D eigenvalue weighted by Crippen LogP contribution is 2.14. The molecule has 66 valence electrons. The van der Waals surface area contributed by atoms with E-state index in [1.54, 1.807) is 0 Å². The van der Waals surface area contributed by atoms with Gasteiger partial charge in [-0.3, -0.25) is 0 Å². The van der Waals surface area contributed by atoms with E-state index in [0.717, 1.165) is 29.8 Å². The summed E-state index contributed by atoms with van der Waals surface area (Å²) in [6, 6.07) is 7.47. The standard InChI is InChI=1S/C9H12BrNO/c10-5-2-6-12-9-4-1-3-8(11)7-9/h1,3-4,7H,2,5-6,11H2. The second kappa shape index (κ2) is 5.04. The number of hydrogen-bond acceptors (Lipinski definition) is 2. The summed E-state index contributed by atoms with van der Waals surface area (Å²) in [6.45, 7) is 0.731. The third-order valence-electron chi connectivity index (χ3n) is 1.40. The van der Waals surface area contributed by atoms with Gasteiger partial charge in [-0.2, -0.15) is 0 Å². The summed E-state index contributed by atoms with van der Waals surface area (Å²) in [5.41, 5.74) is 6.32. The van der Waals surface area contributed by atoms with Crippen molar-refractivity contribution in [3.63, 3.8) is 0 Å². The van der Waals surface area contributed by atoms with Crippen molar-refractivity contribution in [3.8, 4) is 5.75 Å². The van der Waals surface area contributed by atoms with Gasteiger partial charge in [0.15, 0.2) is 0 Å². The van der Waals surface area contributed by atoms with Crippen molar-refractivity contribution in [2.24, 2.45) is 0 Å². The van der Waals surface area contributed by atoms with Crippen molar-refractivity contribution >= 4 is 21.6 Å². The van der Waals surface area contributed by atoms with Gasteiger partial charge < -0.3 is 10.5 Å². The van der Waals surface area contributed by atoms with Gasteiger partial charge in [0.05, 0.1) is 6.61 Å².